The monoisotopic (exact) mass is 294 g/mol. The number of hydrogen-bond acceptors (Lipinski definition) is 3. The number of primary amides is 1. The zero-order valence-electron chi connectivity index (χ0n) is 12.5. The van der Waals surface area contributed by atoms with Gasteiger partial charge in [-0.1, -0.05) is 43.7 Å². The Bertz CT molecular complexity index is 757. The van der Waals surface area contributed by atoms with E-state index in [1.54, 1.807) is 0 Å². The van der Waals surface area contributed by atoms with Crippen LogP contribution >= 0.6 is 0 Å². The van der Waals surface area contributed by atoms with Crippen LogP contribution in [-0.4, -0.2) is 12.5 Å². The second kappa shape index (κ2) is 7.28. The molecule has 2 aromatic rings. The lowest BCUT2D eigenvalue weighted by atomic mass is 10.0. The highest BCUT2D eigenvalue weighted by Gasteiger charge is 2.11. The number of unbranched alkanes of at least 4 members (excludes halogenated alkanes) is 1. The average Bonchev–Trinajstić information content (AvgIpc) is 2.53. The molecule has 2 rings (SSSR count). The third-order valence-corrected chi connectivity index (χ3v) is 3.36. The summed E-state index contributed by atoms with van der Waals surface area (Å²) in [4.78, 5) is 11.3. The van der Waals surface area contributed by atoms with Crippen molar-refractivity contribution >= 4 is 22.8 Å². The van der Waals surface area contributed by atoms with Gasteiger partial charge in [0.25, 0.3) is 5.91 Å². The molecule has 2 N–H and O–H groups in total. The lowest BCUT2D eigenvalue weighted by Gasteiger charge is -2.12. The smallest absolute Gasteiger partial charge is 0.259 e. The van der Waals surface area contributed by atoms with Gasteiger partial charge in [0.15, 0.2) is 0 Å². The molecule has 22 heavy (non-hydrogen) atoms. The van der Waals surface area contributed by atoms with Crippen molar-refractivity contribution in [2.45, 2.75) is 19.8 Å². The van der Waals surface area contributed by atoms with E-state index >= 15 is 0 Å². The standard InChI is InChI=1S/C18H18N2O2/c1-2-3-10-22-17-9-8-13-6-4-5-7-15(13)16(17)11-14(12-19)18(20)21/h4-9,11H,2-3,10H2,1H3,(H2,20,21)/b14-11-. The van der Waals surface area contributed by atoms with Crippen molar-refractivity contribution in [1.29, 1.82) is 5.26 Å². The lowest BCUT2D eigenvalue weighted by Crippen LogP contribution is -2.12. The molecule has 0 bridgehead atoms. The van der Waals surface area contributed by atoms with E-state index in [-0.39, 0.29) is 5.57 Å². The average molecular weight is 294 g/mol. The molecule has 0 fully saturated rings. The third kappa shape index (κ3) is 3.44. The summed E-state index contributed by atoms with van der Waals surface area (Å²) in [6, 6.07) is 13.4. The van der Waals surface area contributed by atoms with E-state index in [4.69, 9.17) is 15.7 Å². The molecule has 4 nitrogen and oxygen atoms in total. The van der Waals surface area contributed by atoms with Gasteiger partial charge in [0, 0.05) is 5.56 Å². The van der Waals surface area contributed by atoms with Gasteiger partial charge in [0.05, 0.1) is 6.61 Å². The summed E-state index contributed by atoms with van der Waals surface area (Å²) in [5, 5.41) is 11.0. The predicted octanol–water partition coefficient (Wildman–Crippen LogP) is 3.41. The van der Waals surface area contributed by atoms with E-state index in [1.165, 1.54) is 6.08 Å². The van der Waals surface area contributed by atoms with Gasteiger partial charge < -0.3 is 10.5 Å². The number of nitrogens with two attached hydrogens (primary N) is 1. The van der Waals surface area contributed by atoms with Crippen LogP contribution in [-0.2, 0) is 4.79 Å². The van der Waals surface area contributed by atoms with Gasteiger partial charge in [-0.05, 0) is 29.3 Å². The molecule has 2 aromatic carbocycles. The van der Waals surface area contributed by atoms with E-state index in [2.05, 4.69) is 6.92 Å². The summed E-state index contributed by atoms with van der Waals surface area (Å²) < 4.78 is 5.80. The van der Waals surface area contributed by atoms with Crippen molar-refractivity contribution in [2.75, 3.05) is 6.61 Å². The minimum atomic E-state index is -0.741. The Morgan fingerprint density at radius 2 is 2.09 bits per heavy atom. The number of benzene rings is 2. The predicted molar refractivity (Wildman–Crippen MR) is 87.1 cm³/mol. The van der Waals surface area contributed by atoms with Crippen molar-refractivity contribution in [3.63, 3.8) is 0 Å². The van der Waals surface area contributed by atoms with Crippen LogP contribution in [0, 0.1) is 11.3 Å². The normalized spacial score (nSPS) is 11.2. The summed E-state index contributed by atoms with van der Waals surface area (Å²) in [5.41, 5.74) is 5.87. The first-order valence-electron chi connectivity index (χ1n) is 7.23. The molecule has 0 aliphatic rings. The molecule has 0 saturated carbocycles. The van der Waals surface area contributed by atoms with Crippen LogP contribution in [0.1, 0.15) is 25.3 Å². The van der Waals surface area contributed by atoms with Crippen molar-refractivity contribution < 1.29 is 9.53 Å². The fraction of sp³-hybridized carbons (Fsp3) is 0.222. The summed E-state index contributed by atoms with van der Waals surface area (Å²) in [6.07, 6.45) is 3.48. The third-order valence-electron chi connectivity index (χ3n) is 3.36. The van der Waals surface area contributed by atoms with Crippen LogP contribution in [0.4, 0.5) is 0 Å². The van der Waals surface area contributed by atoms with E-state index < -0.39 is 5.91 Å². The fourth-order valence-electron chi connectivity index (χ4n) is 2.18. The molecule has 0 atom stereocenters. The number of nitriles is 1. The maximum Gasteiger partial charge on any atom is 0.259 e. The van der Waals surface area contributed by atoms with Crippen LogP contribution in [0.3, 0.4) is 0 Å². The van der Waals surface area contributed by atoms with Gasteiger partial charge in [-0.3, -0.25) is 4.79 Å². The van der Waals surface area contributed by atoms with Gasteiger partial charge in [0.1, 0.15) is 17.4 Å². The SMILES string of the molecule is CCCCOc1ccc2ccccc2c1/C=C(/C#N)C(N)=O. The minimum Gasteiger partial charge on any atom is -0.493 e. The molecule has 0 unspecified atom stereocenters. The molecule has 1 amide bonds. The molecule has 0 saturated heterocycles. The largest absolute Gasteiger partial charge is 0.493 e. The number of carbonyl (C=O) groups is 1. The maximum absolute atomic E-state index is 11.3. The first kappa shape index (κ1) is 15.6. The molecule has 0 aliphatic heterocycles. The Hall–Kier alpha value is -2.80. The van der Waals surface area contributed by atoms with Crippen molar-refractivity contribution in [3.8, 4) is 11.8 Å². The fourth-order valence-corrected chi connectivity index (χ4v) is 2.18. The van der Waals surface area contributed by atoms with E-state index in [9.17, 15) is 4.79 Å². The lowest BCUT2D eigenvalue weighted by molar-refractivity contribution is -0.114. The highest BCUT2D eigenvalue weighted by atomic mass is 16.5. The molecule has 0 aromatic heterocycles. The maximum atomic E-state index is 11.3. The Labute approximate surface area is 129 Å². The molecular formula is C18H18N2O2. The topological polar surface area (TPSA) is 76.1 Å². The summed E-state index contributed by atoms with van der Waals surface area (Å²) in [6.45, 7) is 2.68. The van der Waals surface area contributed by atoms with Crippen LogP contribution < -0.4 is 10.5 Å². The highest BCUT2D eigenvalue weighted by Crippen LogP contribution is 2.30. The van der Waals surface area contributed by atoms with Crippen molar-refractivity contribution in [1.82, 2.24) is 0 Å². The molecule has 4 heteroatoms. The number of fused-ring (bicyclic) bond motifs is 1. The molecule has 0 radical (unpaired) electrons. The van der Waals surface area contributed by atoms with Crippen molar-refractivity contribution in [3.05, 3.63) is 47.5 Å². The summed E-state index contributed by atoms with van der Waals surface area (Å²) in [5.74, 6) is -0.0870. The van der Waals surface area contributed by atoms with E-state index in [0.717, 1.165) is 23.6 Å². The Kier molecular flexibility index (Phi) is 5.16. The number of hydrogen-bond donors (Lipinski definition) is 1. The number of nitrogens with zero attached hydrogens (tertiary/aromatic N) is 1. The number of rotatable bonds is 6. The zero-order chi connectivity index (χ0) is 15.9. The molecular weight excluding hydrogens is 276 g/mol. The highest BCUT2D eigenvalue weighted by molar-refractivity contribution is 6.04. The Balaban J connectivity index is 2.57. The Morgan fingerprint density at radius 3 is 2.77 bits per heavy atom. The molecule has 0 spiro atoms. The Morgan fingerprint density at radius 1 is 1.32 bits per heavy atom. The van der Waals surface area contributed by atoms with Crippen LogP contribution in [0.2, 0.25) is 0 Å². The van der Waals surface area contributed by atoms with Gasteiger partial charge in [0.2, 0.25) is 0 Å². The van der Waals surface area contributed by atoms with Crippen LogP contribution in [0.15, 0.2) is 42.0 Å². The van der Waals surface area contributed by atoms with Gasteiger partial charge in [-0.15, -0.1) is 0 Å². The van der Waals surface area contributed by atoms with E-state index in [0.29, 0.717) is 17.9 Å². The van der Waals surface area contributed by atoms with E-state index in [1.807, 2.05) is 42.5 Å². The molecule has 0 heterocycles. The zero-order valence-corrected chi connectivity index (χ0v) is 12.5. The molecule has 112 valence electrons. The van der Waals surface area contributed by atoms with Gasteiger partial charge in [-0.25, -0.2) is 0 Å². The summed E-state index contributed by atoms with van der Waals surface area (Å²) in [7, 11) is 0. The van der Waals surface area contributed by atoms with Gasteiger partial charge in [-0.2, -0.15) is 5.26 Å². The van der Waals surface area contributed by atoms with Crippen LogP contribution in [0.25, 0.3) is 16.8 Å². The number of carbonyl (C=O) groups excluding carboxylic acids is 1. The second-order valence-electron chi connectivity index (χ2n) is 4.93. The molecule has 0 aliphatic carbocycles. The van der Waals surface area contributed by atoms with Gasteiger partial charge >= 0.3 is 0 Å². The first-order chi connectivity index (χ1) is 10.7. The second-order valence-corrected chi connectivity index (χ2v) is 4.93. The quantitative estimate of drug-likeness (QED) is 0.504. The van der Waals surface area contributed by atoms with Crippen molar-refractivity contribution in [2.24, 2.45) is 5.73 Å². The van der Waals surface area contributed by atoms with Crippen LogP contribution in [0.5, 0.6) is 5.75 Å². The number of ether oxygens (including phenoxy) is 1. The number of amides is 1. The summed E-state index contributed by atoms with van der Waals surface area (Å²) >= 11 is 0. The minimum absolute atomic E-state index is 0.0864. The first-order valence-corrected chi connectivity index (χ1v) is 7.23.